The van der Waals surface area contributed by atoms with Crippen molar-refractivity contribution in [3.63, 3.8) is 0 Å². The molecule has 0 atom stereocenters. The molecule has 104 valence electrons. The topological polar surface area (TPSA) is 27.1 Å². The van der Waals surface area contributed by atoms with E-state index in [1.165, 1.54) is 17.5 Å². The van der Waals surface area contributed by atoms with Gasteiger partial charge >= 0.3 is 0 Å². The Bertz CT molecular complexity index is 536. The van der Waals surface area contributed by atoms with Crippen LogP contribution in [-0.4, -0.2) is 23.3 Å². The monoisotopic (exact) mass is 280 g/mol. The molecule has 0 amide bonds. The highest BCUT2D eigenvalue weighted by Crippen LogP contribution is 2.21. The standard InChI is InChI=1S/C15H21ClN2O/c1-12-7-6-8-13-15(12)17-14(11-16)18(13)9-4-3-5-10-19-2/h6-8H,3-5,9-11H2,1-2H3. The van der Waals surface area contributed by atoms with Gasteiger partial charge in [-0.15, -0.1) is 11.6 Å². The van der Waals surface area contributed by atoms with Gasteiger partial charge in [0.2, 0.25) is 0 Å². The first-order chi connectivity index (χ1) is 9.27. The Morgan fingerprint density at radius 2 is 2.11 bits per heavy atom. The number of alkyl halides is 1. The fourth-order valence-corrected chi connectivity index (χ4v) is 2.58. The van der Waals surface area contributed by atoms with E-state index in [2.05, 4.69) is 34.7 Å². The van der Waals surface area contributed by atoms with Crippen molar-refractivity contribution < 1.29 is 4.74 Å². The van der Waals surface area contributed by atoms with Crippen molar-refractivity contribution in [2.24, 2.45) is 0 Å². The number of rotatable bonds is 7. The number of nitrogens with zero attached hydrogens (tertiary/aromatic N) is 2. The molecule has 0 N–H and O–H groups in total. The van der Waals surface area contributed by atoms with E-state index < -0.39 is 0 Å². The molecular weight excluding hydrogens is 260 g/mol. The number of benzene rings is 1. The van der Waals surface area contributed by atoms with E-state index in [0.717, 1.165) is 37.3 Å². The number of halogens is 1. The van der Waals surface area contributed by atoms with Crippen LogP contribution in [0.5, 0.6) is 0 Å². The van der Waals surface area contributed by atoms with Crippen LogP contribution < -0.4 is 0 Å². The van der Waals surface area contributed by atoms with Gasteiger partial charge in [0.25, 0.3) is 0 Å². The van der Waals surface area contributed by atoms with Crippen LogP contribution in [0.2, 0.25) is 0 Å². The van der Waals surface area contributed by atoms with Crippen molar-refractivity contribution >= 4 is 22.6 Å². The third-order valence-corrected chi connectivity index (χ3v) is 3.65. The molecule has 0 saturated heterocycles. The van der Waals surface area contributed by atoms with Gasteiger partial charge in [0.1, 0.15) is 5.82 Å². The van der Waals surface area contributed by atoms with Crippen LogP contribution in [0.15, 0.2) is 18.2 Å². The van der Waals surface area contributed by atoms with Gasteiger partial charge in [0.15, 0.2) is 0 Å². The van der Waals surface area contributed by atoms with E-state index in [-0.39, 0.29) is 0 Å². The summed E-state index contributed by atoms with van der Waals surface area (Å²) in [5.41, 5.74) is 3.49. The van der Waals surface area contributed by atoms with Crippen molar-refractivity contribution in [1.82, 2.24) is 9.55 Å². The summed E-state index contributed by atoms with van der Waals surface area (Å²) in [5.74, 6) is 1.43. The number of hydrogen-bond donors (Lipinski definition) is 0. The maximum absolute atomic E-state index is 6.02. The minimum Gasteiger partial charge on any atom is -0.385 e. The van der Waals surface area contributed by atoms with Gasteiger partial charge in [-0.1, -0.05) is 12.1 Å². The second kappa shape index (κ2) is 6.92. The molecule has 19 heavy (non-hydrogen) atoms. The molecule has 0 fully saturated rings. The molecule has 2 aromatic rings. The van der Waals surface area contributed by atoms with Gasteiger partial charge in [0, 0.05) is 20.3 Å². The molecule has 1 aromatic heterocycles. The predicted molar refractivity (Wildman–Crippen MR) is 79.8 cm³/mol. The zero-order chi connectivity index (χ0) is 13.7. The highest BCUT2D eigenvalue weighted by Gasteiger charge is 2.10. The first-order valence-corrected chi connectivity index (χ1v) is 7.31. The SMILES string of the molecule is COCCCCCn1c(CCl)nc2c(C)cccc21. The fourth-order valence-electron chi connectivity index (χ4n) is 2.38. The number of unbranched alkanes of at least 4 members (excludes halogenated alkanes) is 2. The van der Waals surface area contributed by atoms with E-state index in [4.69, 9.17) is 16.3 Å². The van der Waals surface area contributed by atoms with Crippen LogP contribution in [0.3, 0.4) is 0 Å². The number of methoxy groups -OCH3 is 1. The first kappa shape index (κ1) is 14.4. The zero-order valence-corrected chi connectivity index (χ0v) is 12.4. The van der Waals surface area contributed by atoms with Crippen LogP contribution >= 0.6 is 11.6 Å². The molecule has 0 aliphatic carbocycles. The van der Waals surface area contributed by atoms with E-state index in [0.29, 0.717) is 5.88 Å². The number of hydrogen-bond acceptors (Lipinski definition) is 2. The lowest BCUT2D eigenvalue weighted by Crippen LogP contribution is -2.03. The second-order valence-corrected chi connectivity index (χ2v) is 5.08. The summed E-state index contributed by atoms with van der Waals surface area (Å²) in [7, 11) is 1.75. The maximum Gasteiger partial charge on any atom is 0.124 e. The minimum absolute atomic E-state index is 0.464. The fraction of sp³-hybridized carbons (Fsp3) is 0.533. The number of fused-ring (bicyclic) bond motifs is 1. The molecule has 0 aliphatic heterocycles. The lowest BCUT2D eigenvalue weighted by molar-refractivity contribution is 0.191. The highest BCUT2D eigenvalue weighted by molar-refractivity contribution is 6.16. The molecule has 4 heteroatoms. The van der Waals surface area contributed by atoms with Gasteiger partial charge in [-0.3, -0.25) is 0 Å². The van der Waals surface area contributed by atoms with Crippen LogP contribution in [0.25, 0.3) is 11.0 Å². The van der Waals surface area contributed by atoms with Gasteiger partial charge in [-0.25, -0.2) is 4.98 Å². The number of aromatic nitrogens is 2. The molecule has 2 rings (SSSR count). The smallest absolute Gasteiger partial charge is 0.124 e. The van der Waals surface area contributed by atoms with E-state index in [1.807, 2.05) is 0 Å². The molecular formula is C15H21ClN2O. The maximum atomic E-state index is 6.02. The second-order valence-electron chi connectivity index (χ2n) is 4.81. The van der Waals surface area contributed by atoms with Crippen molar-refractivity contribution in [2.45, 2.75) is 38.6 Å². The lowest BCUT2D eigenvalue weighted by atomic mass is 10.2. The van der Waals surface area contributed by atoms with Gasteiger partial charge in [0.05, 0.1) is 16.9 Å². The Kier molecular flexibility index (Phi) is 5.23. The molecule has 0 spiro atoms. The summed E-state index contributed by atoms with van der Waals surface area (Å²) in [6.07, 6.45) is 3.41. The molecule has 0 radical (unpaired) electrons. The lowest BCUT2D eigenvalue weighted by Gasteiger charge is -2.07. The van der Waals surface area contributed by atoms with Crippen LogP contribution in [0.4, 0.5) is 0 Å². The Hall–Kier alpha value is -1.06. The summed E-state index contributed by atoms with van der Waals surface area (Å²) >= 11 is 6.02. The van der Waals surface area contributed by atoms with Gasteiger partial charge in [-0.05, 0) is 37.8 Å². The summed E-state index contributed by atoms with van der Waals surface area (Å²) in [6.45, 7) is 3.91. The first-order valence-electron chi connectivity index (χ1n) is 6.77. The third kappa shape index (κ3) is 3.28. The summed E-state index contributed by atoms with van der Waals surface area (Å²) in [5, 5.41) is 0. The number of ether oxygens (including phenoxy) is 1. The van der Waals surface area contributed by atoms with E-state index >= 15 is 0 Å². The Morgan fingerprint density at radius 3 is 2.84 bits per heavy atom. The molecule has 0 saturated carbocycles. The Morgan fingerprint density at radius 1 is 1.26 bits per heavy atom. The number of para-hydroxylation sites is 1. The molecule has 0 bridgehead atoms. The molecule has 1 aromatic carbocycles. The quantitative estimate of drug-likeness (QED) is 0.568. The largest absolute Gasteiger partial charge is 0.385 e. The Balaban J connectivity index is 2.14. The van der Waals surface area contributed by atoms with Crippen LogP contribution in [-0.2, 0) is 17.2 Å². The van der Waals surface area contributed by atoms with E-state index in [9.17, 15) is 0 Å². The van der Waals surface area contributed by atoms with Crippen molar-refractivity contribution in [1.29, 1.82) is 0 Å². The summed E-state index contributed by atoms with van der Waals surface area (Å²) in [4.78, 5) is 4.65. The molecule has 0 unspecified atom stereocenters. The van der Waals surface area contributed by atoms with Crippen molar-refractivity contribution in [2.75, 3.05) is 13.7 Å². The molecule has 1 heterocycles. The van der Waals surface area contributed by atoms with Gasteiger partial charge < -0.3 is 9.30 Å². The Labute approximate surface area is 119 Å². The van der Waals surface area contributed by atoms with Gasteiger partial charge in [-0.2, -0.15) is 0 Å². The van der Waals surface area contributed by atoms with Crippen molar-refractivity contribution in [3.05, 3.63) is 29.6 Å². The predicted octanol–water partition coefficient (Wildman–Crippen LogP) is 3.90. The number of aryl methyl sites for hydroxylation is 2. The summed E-state index contributed by atoms with van der Waals surface area (Å²) < 4.78 is 7.32. The van der Waals surface area contributed by atoms with E-state index in [1.54, 1.807) is 7.11 Å². The van der Waals surface area contributed by atoms with Crippen LogP contribution in [0.1, 0.15) is 30.7 Å². The molecule has 0 aliphatic rings. The van der Waals surface area contributed by atoms with Crippen molar-refractivity contribution in [3.8, 4) is 0 Å². The zero-order valence-electron chi connectivity index (χ0n) is 11.7. The third-order valence-electron chi connectivity index (χ3n) is 3.41. The minimum atomic E-state index is 0.464. The average molecular weight is 281 g/mol. The molecule has 3 nitrogen and oxygen atoms in total. The summed E-state index contributed by atoms with van der Waals surface area (Å²) in [6, 6.07) is 6.30. The number of imidazole rings is 1. The van der Waals surface area contributed by atoms with Crippen LogP contribution in [0, 0.1) is 6.92 Å². The normalized spacial score (nSPS) is 11.3. The highest BCUT2D eigenvalue weighted by atomic mass is 35.5. The average Bonchev–Trinajstić information content (AvgIpc) is 2.78.